The fourth-order valence-electron chi connectivity index (χ4n) is 1.56. The molecule has 2 aromatic rings. The maximum Gasteiger partial charge on any atom is 0.270 e. The van der Waals surface area contributed by atoms with Gasteiger partial charge in [0, 0.05) is 18.2 Å². The lowest BCUT2D eigenvalue weighted by atomic mass is 10.1. The third-order valence-electron chi connectivity index (χ3n) is 2.53. The average molecular weight is 277 g/mol. The number of nitro benzene ring substituents is 1. The lowest BCUT2D eigenvalue weighted by molar-refractivity contribution is -0.384. The van der Waals surface area contributed by atoms with Crippen molar-refractivity contribution in [1.29, 1.82) is 0 Å². The number of rotatable bonds is 5. The standard InChI is InChI=1S/C11H11N5O4/c12-15-10-2-1-7(16(18)19)5-9(10)11(17)13-6-8-3-4-14-20-8/h1-5,15H,6,12H2,(H,13,17). The number of nitrogens with two attached hydrogens (primary N) is 1. The molecule has 20 heavy (non-hydrogen) atoms. The van der Waals surface area contributed by atoms with Crippen molar-refractivity contribution in [3.8, 4) is 0 Å². The van der Waals surface area contributed by atoms with E-state index in [0.717, 1.165) is 6.07 Å². The lowest BCUT2D eigenvalue weighted by Crippen LogP contribution is -2.24. The highest BCUT2D eigenvalue weighted by Gasteiger charge is 2.16. The Morgan fingerprint density at radius 2 is 2.25 bits per heavy atom. The first-order chi connectivity index (χ1) is 9.61. The van der Waals surface area contributed by atoms with Gasteiger partial charge in [-0.25, -0.2) is 0 Å². The minimum atomic E-state index is -0.590. The Bertz CT molecular complexity index is 626. The molecular formula is C11H11N5O4. The summed E-state index contributed by atoms with van der Waals surface area (Å²) in [6.45, 7) is 0.117. The van der Waals surface area contributed by atoms with E-state index >= 15 is 0 Å². The molecule has 2 rings (SSSR count). The average Bonchev–Trinajstić information content (AvgIpc) is 2.97. The fraction of sp³-hybridized carbons (Fsp3) is 0.0909. The first kappa shape index (κ1) is 13.5. The van der Waals surface area contributed by atoms with Crippen LogP contribution in [0, 0.1) is 10.1 Å². The number of non-ortho nitro benzene ring substituents is 1. The zero-order chi connectivity index (χ0) is 14.5. The summed E-state index contributed by atoms with van der Waals surface area (Å²) < 4.78 is 4.83. The number of aromatic nitrogens is 1. The van der Waals surface area contributed by atoms with E-state index in [0.29, 0.717) is 5.76 Å². The van der Waals surface area contributed by atoms with Gasteiger partial charge in [-0.15, -0.1) is 0 Å². The van der Waals surface area contributed by atoms with E-state index in [1.165, 1.54) is 18.3 Å². The molecule has 1 aromatic heterocycles. The second-order valence-corrected chi connectivity index (χ2v) is 3.79. The molecule has 0 saturated carbocycles. The van der Waals surface area contributed by atoms with E-state index in [1.54, 1.807) is 6.07 Å². The molecule has 0 aliphatic heterocycles. The van der Waals surface area contributed by atoms with Crippen molar-refractivity contribution in [2.45, 2.75) is 6.54 Å². The van der Waals surface area contributed by atoms with Crippen LogP contribution in [0.2, 0.25) is 0 Å². The molecule has 0 aliphatic rings. The van der Waals surface area contributed by atoms with E-state index in [4.69, 9.17) is 10.4 Å². The second kappa shape index (κ2) is 5.80. The van der Waals surface area contributed by atoms with Gasteiger partial charge in [0.15, 0.2) is 5.76 Å². The summed E-state index contributed by atoms with van der Waals surface area (Å²) in [6.07, 6.45) is 1.45. The first-order valence-electron chi connectivity index (χ1n) is 5.54. The van der Waals surface area contributed by atoms with Crippen molar-refractivity contribution in [3.63, 3.8) is 0 Å². The van der Waals surface area contributed by atoms with Gasteiger partial charge in [0.25, 0.3) is 11.6 Å². The number of nitrogens with zero attached hydrogens (tertiary/aromatic N) is 2. The molecule has 0 atom stereocenters. The fourth-order valence-corrected chi connectivity index (χ4v) is 1.56. The largest absolute Gasteiger partial charge is 0.360 e. The zero-order valence-corrected chi connectivity index (χ0v) is 10.2. The highest BCUT2D eigenvalue weighted by Crippen LogP contribution is 2.21. The summed E-state index contributed by atoms with van der Waals surface area (Å²) in [5, 5.41) is 16.8. The van der Waals surface area contributed by atoms with Gasteiger partial charge in [0.1, 0.15) is 0 Å². The third-order valence-corrected chi connectivity index (χ3v) is 2.53. The first-order valence-corrected chi connectivity index (χ1v) is 5.54. The zero-order valence-electron chi connectivity index (χ0n) is 10.2. The number of anilines is 1. The Labute approximate surface area is 112 Å². The molecule has 1 amide bonds. The van der Waals surface area contributed by atoms with E-state index in [2.05, 4.69) is 15.9 Å². The van der Waals surface area contributed by atoms with Gasteiger partial charge in [-0.2, -0.15) is 0 Å². The summed E-state index contributed by atoms with van der Waals surface area (Å²) in [7, 11) is 0. The molecule has 1 heterocycles. The number of hydrogen-bond acceptors (Lipinski definition) is 7. The Hall–Kier alpha value is -2.94. The Morgan fingerprint density at radius 3 is 2.85 bits per heavy atom. The monoisotopic (exact) mass is 277 g/mol. The van der Waals surface area contributed by atoms with Crippen LogP contribution in [0.5, 0.6) is 0 Å². The molecule has 0 spiro atoms. The summed E-state index contributed by atoms with van der Waals surface area (Å²) in [4.78, 5) is 22.1. The van der Waals surface area contributed by atoms with Crippen molar-refractivity contribution in [1.82, 2.24) is 10.5 Å². The third kappa shape index (κ3) is 2.90. The van der Waals surface area contributed by atoms with Gasteiger partial charge in [-0.1, -0.05) is 5.16 Å². The van der Waals surface area contributed by atoms with E-state index in [-0.39, 0.29) is 23.5 Å². The number of hydrazine groups is 1. The number of nitrogens with one attached hydrogen (secondary N) is 2. The molecule has 0 fully saturated rings. The van der Waals surface area contributed by atoms with Crippen molar-refractivity contribution in [3.05, 3.63) is 51.9 Å². The number of amides is 1. The maximum atomic E-state index is 12.0. The maximum absolute atomic E-state index is 12.0. The van der Waals surface area contributed by atoms with Gasteiger partial charge in [0.05, 0.1) is 28.9 Å². The quantitative estimate of drug-likeness (QED) is 0.417. The van der Waals surface area contributed by atoms with Crippen LogP contribution >= 0.6 is 0 Å². The summed E-state index contributed by atoms with van der Waals surface area (Å²) in [5.74, 6) is 5.23. The van der Waals surface area contributed by atoms with Crippen LogP contribution in [0.4, 0.5) is 11.4 Å². The summed E-state index contributed by atoms with van der Waals surface area (Å²) in [5.41, 5.74) is 2.47. The van der Waals surface area contributed by atoms with Gasteiger partial charge in [-0.05, 0) is 6.07 Å². The number of carbonyl (C=O) groups excluding carboxylic acids is 1. The molecule has 9 nitrogen and oxygen atoms in total. The van der Waals surface area contributed by atoms with Gasteiger partial charge in [0.2, 0.25) is 0 Å². The highest BCUT2D eigenvalue weighted by atomic mass is 16.6. The topological polar surface area (TPSA) is 136 Å². The lowest BCUT2D eigenvalue weighted by Gasteiger charge is -2.08. The predicted octanol–water partition coefficient (Wildman–Crippen LogP) is 0.798. The van der Waals surface area contributed by atoms with Crippen LogP contribution in [0.1, 0.15) is 16.1 Å². The Balaban J connectivity index is 2.18. The van der Waals surface area contributed by atoms with Crippen LogP contribution < -0.4 is 16.6 Å². The summed E-state index contributed by atoms with van der Waals surface area (Å²) in [6, 6.07) is 5.35. The van der Waals surface area contributed by atoms with E-state index < -0.39 is 10.8 Å². The van der Waals surface area contributed by atoms with Crippen LogP contribution in [0.15, 0.2) is 35.0 Å². The number of hydrogen-bond donors (Lipinski definition) is 3. The van der Waals surface area contributed by atoms with Crippen molar-refractivity contribution >= 4 is 17.3 Å². The number of nitrogen functional groups attached to an aromatic ring is 1. The van der Waals surface area contributed by atoms with Crippen molar-refractivity contribution in [2.75, 3.05) is 5.43 Å². The molecule has 0 unspecified atom stereocenters. The Morgan fingerprint density at radius 1 is 1.45 bits per heavy atom. The number of benzene rings is 1. The SMILES string of the molecule is NNc1ccc([N+](=O)[O-])cc1C(=O)NCc1ccno1. The predicted molar refractivity (Wildman–Crippen MR) is 68.6 cm³/mol. The van der Waals surface area contributed by atoms with Crippen LogP contribution in [-0.2, 0) is 6.54 Å². The number of nitro groups is 1. The highest BCUT2D eigenvalue weighted by molar-refractivity contribution is 6.00. The second-order valence-electron chi connectivity index (χ2n) is 3.79. The molecule has 104 valence electrons. The molecule has 4 N–H and O–H groups in total. The van der Waals surface area contributed by atoms with Crippen molar-refractivity contribution < 1.29 is 14.2 Å². The minimum absolute atomic E-state index is 0.0706. The van der Waals surface area contributed by atoms with Crippen LogP contribution in [-0.4, -0.2) is 16.0 Å². The van der Waals surface area contributed by atoms with Gasteiger partial charge >= 0.3 is 0 Å². The van der Waals surface area contributed by atoms with Gasteiger partial charge in [-0.3, -0.25) is 20.8 Å². The van der Waals surface area contributed by atoms with E-state index in [9.17, 15) is 14.9 Å². The molecule has 9 heteroatoms. The smallest absolute Gasteiger partial charge is 0.270 e. The number of carbonyl (C=O) groups is 1. The Kier molecular flexibility index (Phi) is 3.91. The van der Waals surface area contributed by atoms with Crippen LogP contribution in [0.3, 0.4) is 0 Å². The van der Waals surface area contributed by atoms with Gasteiger partial charge < -0.3 is 15.3 Å². The van der Waals surface area contributed by atoms with E-state index in [1.807, 2.05) is 0 Å². The minimum Gasteiger partial charge on any atom is -0.360 e. The normalized spacial score (nSPS) is 10.1. The molecule has 0 saturated heterocycles. The molecule has 0 radical (unpaired) electrons. The molecule has 0 aliphatic carbocycles. The van der Waals surface area contributed by atoms with Crippen LogP contribution in [0.25, 0.3) is 0 Å². The molecule has 0 bridgehead atoms. The summed E-state index contributed by atoms with van der Waals surface area (Å²) >= 11 is 0. The molecular weight excluding hydrogens is 266 g/mol. The molecule has 1 aromatic carbocycles. The van der Waals surface area contributed by atoms with Crippen molar-refractivity contribution in [2.24, 2.45) is 5.84 Å².